The summed E-state index contributed by atoms with van der Waals surface area (Å²) in [6, 6.07) is 23.2. The molecule has 1 N–H and O–H groups in total. The summed E-state index contributed by atoms with van der Waals surface area (Å²) >= 11 is 5.97. The molecule has 7 heteroatoms. The number of phenols is 1. The smallest absolute Gasteiger partial charge is 0.312 e. The molecule has 0 aliphatic carbocycles. The van der Waals surface area contributed by atoms with Gasteiger partial charge in [0.1, 0.15) is 23.0 Å². The third-order valence-corrected chi connectivity index (χ3v) is 7.42. The highest BCUT2D eigenvalue weighted by Gasteiger charge is 2.35. The number of carbonyl (C=O) groups is 2. The van der Waals surface area contributed by atoms with Crippen LogP contribution in [0.2, 0.25) is 5.02 Å². The van der Waals surface area contributed by atoms with Gasteiger partial charge in [-0.2, -0.15) is 0 Å². The van der Waals surface area contributed by atoms with Gasteiger partial charge >= 0.3 is 5.97 Å². The van der Waals surface area contributed by atoms with Gasteiger partial charge in [-0.05, 0) is 59.7 Å². The fraction of sp³-hybridized carbons (Fsp3) is 0.188. The number of para-hydroxylation sites is 1. The Morgan fingerprint density at radius 1 is 1.00 bits per heavy atom. The molecular formula is C32H25ClO6. The van der Waals surface area contributed by atoms with Gasteiger partial charge in [0, 0.05) is 40.5 Å². The lowest BCUT2D eigenvalue weighted by Gasteiger charge is -2.27. The Kier molecular flexibility index (Phi) is 6.71. The molecule has 0 unspecified atom stereocenters. The van der Waals surface area contributed by atoms with E-state index in [9.17, 15) is 14.7 Å². The van der Waals surface area contributed by atoms with Gasteiger partial charge in [0.05, 0.1) is 25.2 Å². The number of rotatable bonds is 7. The van der Waals surface area contributed by atoms with Crippen LogP contribution in [0.5, 0.6) is 23.0 Å². The molecule has 2 heterocycles. The molecule has 0 saturated heterocycles. The maximum atomic E-state index is 13.2. The van der Waals surface area contributed by atoms with E-state index in [2.05, 4.69) is 6.07 Å². The largest absolute Gasteiger partial charge is 0.507 e. The Morgan fingerprint density at radius 2 is 1.79 bits per heavy atom. The predicted molar refractivity (Wildman–Crippen MR) is 146 cm³/mol. The molecular weight excluding hydrogens is 516 g/mol. The molecule has 0 amide bonds. The Hall–Kier alpha value is -4.29. The van der Waals surface area contributed by atoms with Gasteiger partial charge in [0.15, 0.2) is 5.78 Å². The first-order valence-electron chi connectivity index (χ1n) is 12.8. The van der Waals surface area contributed by atoms with Gasteiger partial charge in [0.25, 0.3) is 0 Å². The van der Waals surface area contributed by atoms with Crippen LogP contribution >= 0.6 is 11.6 Å². The molecule has 4 aromatic carbocycles. The highest BCUT2D eigenvalue weighted by Crippen LogP contribution is 2.47. The van der Waals surface area contributed by atoms with Crippen molar-refractivity contribution in [2.45, 2.75) is 25.2 Å². The number of ketones is 1. The third-order valence-electron chi connectivity index (χ3n) is 7.17. The highest BCUT2D eigenvalue weighted by atomic mass is 35.5. The lowest BCUT2D eigenvalue weighted by molar-refractivity contribution is -0.135. The Labute approximate surface area is 230 Å². The molecule has 0 bridgehead atoms. The van der Waals surface area contributed by atoms with Crippen LogP contribution in [-0.4, -0.2) is 30.1 Å². The number of aromatic hydroxyl groups is 1. The molecule has 6 rings (SSSR count). The van der Waals surface area contributed by atoms with Gasteiger partial charge in [0.2, 0.25) is 0 Å². The number of carbonyl (C=O) groups excluding carboxylic acids is 2. The molecule has 2 aliphatic heterocycles. The quantitative estimate of drug-likeness (QED) is 0.169. The zero-order valence-corrected chi connectivity index (χ0v) is 21.7. The monoisotopic (exact) mass is 540 g/mol. The minimum absolute atomic E-state index is 0.00431. The molecule has 4 aromatic rings. The molecule has 39 heavy (non-hydrogen) atoms. The maximum Gasteiger partial charge on any atom is 0.312 e. The zero-order valence-electron chi connectivity index (χ0n) is 21.0. The van der Waals surface area contributed by atoms with Crippen LogP contribution in [-0.2, 0) is 17.6 Å². The molecule has 0 fully saturated rings. The molecule has 196 valence electrons. The zero-order chi connectivity index (χ0) is 26.9. The minimum atomic E-state index is -0.549. The SMILES string of the molecule is O=C1C[C@@H](c2ccccc2OCCc2ccc3c(c2)CCO3)c2c(ccc(C(=O)c3ccc(Cl)cc3)c2O)O1. The number of benzene rings is 4. The van der Waals surface area contributed by atoms with Crippen LogP contribution in [0.15, 0.2) is 78.9 Å². The molecule has 0 radical (unpaired) electrons. The second kappa shape index (κ2) is 10.5. The van der Waals surface area contributed by atoms with Crippen molar-refractivity contribution in [1.82, 2.24) is 0 Å². The van der Waals surface area contributed by atoms with Crippen LogP contribution < -0.4 is 14.2 Å². The van der Waals surface area contributed by atoms with E-state index in [1.54, 1.807) is 30.3 Å². The Morgan fingerprint density at radius 3 is 2.64 bits per heavy atom. The number of fused-ring (bicyclic) bond motifs is 2. The lowest BCUT2D eigenvalue weighted by Crippen LogP contribution is -2.22. The van der Waals surface area contributed by atoms with Crippen molar-refractivity contribution in [3.8, 4) is 23.0 Å². The standard InChI is InChI=1S/C32H25ClO6/c33-22-8-6-20(7-9-22)31(35)24-10-12-28-30(32(24)36)25(18-29(34)39-28)23-3-1-2-4-27(23)38-15-13-19-5-11-26-21(17-19)14-16-37-26/h1-12,17,25,36H,13-16,18H2/t25-/m0/s1. The van der Waals surface area contributed by atoms with Crippen LogP contribution in [0.25, 0.3) is 0 Å². The van der Waals surface area contributed by atoms with Crippen molar-refractivity contribution in [2.24, 2.45) is 0 Å². The van der Waals surface area contributed by atoms with Crippen LogP contribution in [0, 0.1) is 0 Å². The Bertz CT molecular complexity index is 1580. The number of ether oxygens (including phenoxy) is 3. The molecule has 0 saturated carbocycles. The van der Waals surface area contributed by atoms with E-state index >= 15 is 0 Å². The predicted octanol–water partition coefficient (Wildman–Crippen LogP) is 6.27. The van der Waals surface area contributed by atoms with E-state index in [0.717, 1.165) is 23.3 Å². The van der Waals surface area contributed by atoms with E-state index in [1.807, 2.05) is 36.4 Å². The van der Waals surface area contributed by atoms with Gasteiger partial charge < -0.3 is 19.3 Å². The van der Waals surface area contributed by atoms with Crippen molar-refractivity contribution >= 4 is 23.4 Å². The number of phenolic OH excluding ortho intramolecular Hbond substituents is 1. The van der Waals surface area contributed by atoms with E-state index in [1.165, 1.54) is 11.6 Å². The first kappa shape index (κ1) is 25.0. The van der Waals surface area contributed by atoms with E-state index in [-0.39, 0.29) is 29.3 Å². The van der Waals surface area contributed by atoms with Gasteiger partial charge in [-0.3, -0.25) is 9.59 Å². The van der Waals surface area contributed by atoms with Crippen molar-refractivity contribution in [3.63, 3.8) is 0 Å². The second-order valence-electron chi connectivity index (χ2n) is 9.62. The summed E-state index contributed by atoms with van der Waals surface area (Å²) in [7, 11) is 0. The van der Waals surface area contributed by atoms with Crippen LogP contribution in [0.3, 0.4) is 0 Å². The van der Waals surface area contributed by atoms with E-state index < -0.39 is 11.9 Å². The van der Waals surface area contributed by atoms with Crippen molar-refractivity contribution in [2.75, 3.05) is 13.2 Å². The van der Waals surface area contributed by atoms with E-state index in [4.69, 9.17) is 25.8 Å². The molecule has 1 atom stereocenters. The van der Waals surface area contributed by atoms with Crippen molar-refractivity contribution in [3.05, 3.63) is 117 Å². The normalized spacial score (nSPS) is 15.6. The number of esters is 1. The summed E-state index contributed by atoms with van der Waals surface area (Å²) < 4.78 is 17.3. The summed E-state index contributed by atoms with van der Waals surface area (Å²) in [5.74, 6) is 0.262. The summed E-state index contributed by atoms with van der Waals surface area (Å²) in [5.41, 5.74) is 4.02. The summed E-state index contributed by atoms with van der Waals surface area (Å²) in [4.78, 5) is 25.8. The first-order valence-corrected chi connectivity index (χ1v) is 13.2. The maximum absolute atomic E-state index is 13.2. The van der Waals surface area contributed by atoms with Crippen LogP contribution in [0.1, 0.15) is 50.5 Å². The van der Waals surface area contributed by atoms with Crippen molar-refractivity contribution in [1.29, 1.82) is 0 Å². The molecule has 0 aromatic heterocycles. The van der Waals surface area contributed by atoms with Gasteiger partial charge in [-0.25, -0.2) is 0 Å². The van der Waals surface area contributed by atoms with Gasteiger partial charge in [-0.1, -0.05) is 41.9 Å². The average molecular weight is 541 g/mol. The van der Waals surface area contributed by atoms with Crippen LogP contribution in [0.4, 0.5) is 0 Å². The fourth-order valence-corrected chi connectivity index (χ4v) is 5.35. The number of hydrogen-bond donors (Lipinski definition) is 1. The lowest BCUT2D eigenvalue weighted by atomic mass is 9.83. The molecule has 0 spiro atoms. The average Bonchev–Trinajstić information content (AvgIpc) is 3.41. The van der Waals surface area contributed by atoms with Gasteiger partial charge in [-0.15, -0.1) is 0 Å². The number of halogens is 1. The van der Waals surface area contributed by atoms with E-state index in [0.29, 0.717) is 41.5 Å². The summed E-state index contributed by atoms with van der Waals surface area (Å²) in [6.45, 7) is 1.15. The second-order valence-corrected chi connectivity index (χ2v) is 10.1. The number of hydrogen-bond acceptors (Lipinski definition) is 6. The molecule has 2 aliphatic rings. The van der Waals surface area contributed by atoms with Crippen molar-refractivity contribution < 1.29 is 28.9 Å². The third kappa shape index (κ3) is 4.95. The topological polar surface area (TPSA) is 82.1 Å². The fourth-order valence-electron chi connectivity index (χ4n) is 5.23. The molecule has 6 nitrogen and oxygen atoms in total. The summed E-state index contributed by atoms with van der Waals surface area (Å²) in [5, 5.41) is 11.9. The minimum Gasteiger partial charge on any atom is -0.507 e. The highest BCUT2D eigenvalue weighted by molar-refractivity contribution is 6.30. The first-order chi connectivity index (χ1) is 19.0. The summed E-state index contributed by atoms with van der Waals surface area (Å²) in [6.07, 6.45) is 1.62. The Balaban J connectivity index is 1.29.